The van der Waals surface area contributed by atoms with Gasteiger partial charge in [0.2, 0.25) is 0 Å². The van der Waals surface area contributed by atoms with Crippen LogP contribution in [0.4, 0.5) is 0 Å². The Morgan fingerprint density at radius 2 is 2.00 bits per heavy atom. The van der Waals surface area contributed by atoms with Crippen molar-refractivity contribution in [3.8, 4) is 0 Å². The van der Waals surface area contributed by atoms with Crippen LogP contribution in [0.2, 0.25) is 0 Å². The second-order valence-electron chi connectivity index (χ2n) is 7.18. The molecule has 1 aliphatic rings. The molecule has 0 aromatic carbocycles. The molecule has 1 fully saturated rings. The van der Waals surface area contributed by atoms with Gasteiger partial charge in [-0.2, -0.15) is 0 Å². The highest BCUT2D eigenvalue weighted by atomic mass is 32.1. The Bertz CT molecular complexity index is 407. The van der Waals surface area contributed by atoms with Gasteiger partial charge < -0.3 is 10.1 Å². The van der Waals surface area contributed by atoms with Crippen molar-refractivity contribution < 1.29 is 4.74 Å². The van der Waals surface area contributed by atoms with E-state index >= 15 is 0 Å². The third kappa shape index (κ3) is 5.55. The topological polar surface area (TPSA) is 21.3 Å². The van der Waals surface area contributed by atoms with E-state index in [1.807, 2.05) is 11.3 Å². The van der Waals surface area contributed by atoms with E-state index in [2.05, 4.69) is 45.1 Å². The summed E-state index contributed by atoms with van der Waals surface area (Å²) < 4.78 is 6.09. The van der Waals surface area contributed by atoms with E-state index < -0.39 is 0 Å². The lowest BCUT2D eigenvalue weighted by atomic mass is 9.89. The monoisotopic (exact) mass is 295 g/mol. The van der Waals surface area contributed by atoms with Gasteiger partial charge in [0.05, 0.1) is 12.7 Å². The molecule has 1 aromatic rings. The van der Waals surface area contributed by atoms with Gasteiger partial charge in [0.1, 0.15) is 0 Å². The predicted molar refractivity (Wildman–Crippen MR) is 87.1 cm³/mol. The van der Waals surface area contributed by atoms with Crippen LogP contribution < -0.4 is 5.32 Å². The summed E-state index contributed by atoms with van der Waals surface area (Å²) in [6.45, 7) is 10.7. The molecule has 1 aromatic heterocycles. The minimum Gasteiger partial charge on any atom is -0.373 e. The van der Waals surface area contributed by atoms with E-state index in [1.165, 1.54) is 35.4 Å². The Morgan fingerprint density at radius 3 is 2.70 bits per heavy atom. The van der Waals surface area contributed by atoms with Gasteiger partial charge in [-0.25, -0.2) is 0 Å². The zero-order valence-corrected chi connectivity index (χ0v) is 14.2. The fourth-order valence-electron chi connectivity index (χ4n) is 2.68. The van der Waals surface area contributed by atoms with Gasteiger partial charge in [-0.05, 0) is 51.7 Å². The Morgan fingerprint density at radius 1 is 1.25 bits per heavy atom. The van der Waals surface area contributed by atoms with Crippen molar-refractivity contribution in [3.63, 3.8) is 0 Å². The number of nitrogens with one attached hydrogen (secondary N) is 1. The molecule has 3 heteroatoms. The number of hydrogen-bond acceptors (Lipinski definition) is 3. The van der Waals surface area contributed by atoms with Crippen LogP contribution in [0.5, 0.6) is 0 Å². The van der Waals surface area contributed by atoms with E-state index in [1.54, 1.807) is 0 Å². The molecule has 2 unspecified atom stereocenters. The van der Waals surface area contributed by atoms with E-state index in [9.17, 15) is 0 Å². The summed E-state index contributed by atoms with van der Waals surface area (Å²) in [6, 6.07) is 4.45. The van der Waals surface area contributed by atoms with Gasteiger partial charge in [0.15, 0.2) is 0 Å². The van der Waals surface area contributed by atoms with E-state index in [0.717, 1.165) is 19.1 Å². The van der Waals surface area contributed by atoms with Crippen LogP contribution in [-0.2, 0) is 17.9 Å². The molecule has 0 aliphatic heterocycles. The molecule has 2 atom stereocenters. The van der Waals surface area contributed by atoms with E-state index in [4.69, 9.17) is 4.74 Å². The first-order valence-corrected chi connectivity index (χ1v) is 8.68. The average molecular weight is 295 g/mol. The molecule has 1 saturated carbocycles. The number of thiophene rings is 1. The lowest BCUT2D eigenvalue weighted by Crippen LogP contribution is -2.34. The molecule has 0 spiro atoms. The van der Waals surface area contributed by atoms with Crippen LogP contribution in [0.3, 0.4) is 0 Å². The minimum absolute atomic E-state index is 0.179. The fourth-order valence-corrected chi connectivity index (χ4v) is 3.56. The summed E-state index contributed by atoms with van der Waals surface area (Å²) in [4.78, 5) is 2.75. The molecule has 2 rings (SSSR count). The third-order valence-corrected chi connectivity index (χ3v) is 4.92. The van der Waals surface area contributed by atoms with Crippen molar-refractivity contribution in [2.75, 3.05) is 0 Å². The van der Waals surface area contributed by atoms with Crippen LogP contribution in [0.1, 0.15) is 63.1 Å². The highest BCUT2D eigenvalue weighted by Crippen LogP contribution is 2.27. The van der Waals surface area contributed by atoms with Crippen molar-refractivity contribution >= 4 is 11.3 Å². The largest absolute Gasteiger partial charge is 0.373 e. The summed E-state index contributed by atoms with van der Waals surface area (Å²) in [5, 5.41) is 3.53. The molecule has 0 amide bonds. The van der Waals surface area contributed by atoms with Crippen LogP contribution in [-0.4, -0.2) is 11.6 Å². The van der Waals surface area contributed by atoms with Gasteiger partial charge in [-0.3, -0.25) is 0 Å². The van der Waals surface area contributed by atoms with Gasteiger partial charge in [0, 0.05) is 21.8 Å². The maximum absolute atomic E-state index is 6.09. The normalized spacial score (nSPS) is 24.0. The van der Waals surface area contributed by atoms with Crippen molar-refractivity contribution in [1.82, 2.24) is 5.32 Å². The van der Waals surface area contributed by atoms with E-state index in [-0.39, 0.29) is 5.54 Å². The van der Waals surface area contributed by atoms with Crippen LogP contribution in [0.15, 0.2) is 12.1 Å². The molecule has 1 aliphatic carbocycles. The maximum atomic E-state index is 6.09. The minimum atomic E-state index is 0.179. The summed E-state index contributed by atoms with van der Waals surface area (Å²) in [6.07, 6.45) is 5.67. The van der Waals surface area contributed by atoms with Crippen molar-refractivity contribution in [2.24, 2.45) is 5.92 Å². The zero-order valence-electron chi connectivity index (χ0n) is 13.4. The van der Waals surface area contributed by atoms with Crippen LogP contribution in [0.25, 0.3) is 0 Å². The van der Waals surface area contributed by atoms with Gasteiger partial charge in [-0.15, -0.1) is 11.3 Å². The average Bonchev–Trinajstić information content (AvgIpc) is 2.81. The Hall–Kier alpha value is -0.380. The first-order valence-electron chi connectivity index (χ1n) is 7.86. The highest BCUT2D eigenvalue weighted by molar-refractivity contribution is 7.11. The lowest BCUT2D eigenvalue weighted by Gasteiger charge is -2.26. The molecule has 0 bridgehead atoms. The number of ether oxygens (including phenoxy) is 1. The highest BCUT2D eigenvalue weighted by Gasteiger charge is 2.19. The Labute approximate surface area is 127 Å². The van der Waals surface area contributed by atoms with Crippen LogP contribution >= 0.6 is 11.3 Å². The smallest absolute Gasteiger partial charge is 0.0813 e. The van der Waals surface area contributed by atoms with Crippen molar-refractivity contribution in [3.05, 3.63) is 21.9 Å². The number of hydrogen-bond donors (Lipinski definition) is 1. The second-order valence-corrected chi connectivity index (χ2v) is 8.43. The predicted octanol–water partition coefficient (Wildman–Crippen LogP) is 4.73. The number of rotatable bonds is 5. The van der Waals surface area contributed by atoms with Crippen molar-refractivity contribution in [1.29, 1.82) is 0 Å². The second kappa shape index (κ2) is 7.06. The maximum Gasteiger partial charge on any atom is 0.0813 e. The molecule has 1 heterocycles. The molecule has 0 saturated heterocycles. The molecule has 114 valence electrons. The third-order valence-electron chi connectivity index (χ3n) is 3.86. The van der Waals surface area contributed by atoms with Gasteiger partial charge in [0.25, 0.3) is 0 Å². The lowest BCUT2D eigenvalue weighted by molar-refractivity contribution is 0.00591. The molecular weight excluding hydrogens is 266 g/mol. The van der Waals surface area contributed by atoms with Crippen molar-refractivity contribution in [2.45, 2.75) is 78.2 Å². The van der Waals surface area contributed by atoms with E-state index in [0.29, 0.717) is 6.10 Å². The Balaban J connectivity index is 1.75. The molecule has 0 radical (unpaired) electrons. The molecule has 2 nitrogen and oxygen atoms in total. The molecule has 20 heavy (non-hydrogen) atoms. The standard InChI is InChI=1S/C17H29NOS/c1-13-6-5-7-14(10-13)19-12-16-9-8-15(20-16)11-18-17(2,3)4/h8-9,13-14,18H,5-7,10-12H2,1-4H3. The summed E-state index contributed by atoms with van der Waals surface area (Å²) >= 11 is 1.88. The quantitative estimate of drug-likeness (QED) is 0.848. The Kier molecular flexibility index (Phi) is 5.65. The van der Waals surface area contributed by atoms with Gasteiger partial charge >= 0.3 is 0 Å². The summed E-state index contributed by atoms with van der Waals surface area (Å²) in [7, 11) is 0. The first kappa shape index (κ1) is 16.0. The molecule has 1 N–H and O–H groups in total. The first-order chi connectivity index (χ1) is 9.42. The zero-order chi connectivity index (χ0) is 14.6. The van der Waals surface area contributed by atoms with Crippen LogP contribution in [0, 0.1) is 5.92 Å². The van der Waals surface area contributed by atoms with Gasteiger partial charge in [-0.1, -0.05) is 19.8 Å². The summed E-state index contributed by atoms with van der Waals surface area (Å²) in [5.41, 5.74) is 0.179. The summed E-state index contributed by atoms with van der Waals surface area (Å²) in [5.74, 6) is 0.837. The molecular formula is C17H29NOS. The fraction of sp³-hybridized carbons (Fsp3) is 0.765. The SMILES string of the molecule is CC1CCCC(OCc2ccc(CNC(C)(C)C)s2)C1.